The Morgan fingerprint density at radius 1 is 1.21 bits per heavy atom. The molecule has 2 N–H and O–H groups in total. The maximum atomic E-state index is 9.63. The Hall–Kier alpha value is -0.0800. The van der Waals surface area contributed by atoms with Gasteiger partial charge in [-0.3, -0.25) is 0 Å². The first-order chi connectivity index (χ1) is 6.56. The van der Waals surface area contributed by atoms with Crippen LogP contribution in [0.25, 0.3) is 0 Å². The molecule has 2 nitrogen and oxygen atoms in total. The fraction of sp³-hybridized carbons (Fsp3) is 1.00. The SMILES string of the molecule is CCCCC(C)NCC(O)CC(C)C. The van der Waals surface area contributed by atoms with E-state index in [0.29, 0.717) is 12.0 Å². The predicted octanol–water partition coefficient (Wildman–Crippen LogP) is 2.56. The highest BCUT2D eigenvalue weighted by Gasteiger charge is 2.08. The van der Waals surface area contributed by atoms with Gasteiger partial charge in [-0.2, -0.15) is 0 Å². The van der Waals surface area contributed by atoms with Crippen molar-refractivity contribution in [2.75, 3.05) is 6.54 Å². The third kappa shape index (κ3) is 8.52. The Balaban J connectivity index is 3.40. The van der Waals surface area contributed by atoms with E-state index >= 15 is 0 Å². The first kappa shape index (κ1) is 13.9. The summed E-state index contributed by atoms with van der Waals surface area (Å²) in [6.45, 7) is 9.43. The molecule has 0 spiro atoms. The fourth-order valence-corrected chi connectivity index (χ4v) is 1.58. The first-order valence-corrected chi connectivity index (χ1v) is 5.97. The van der Waals surface area contributed by atoms with Gasteiger partial charge in [-0.05, 0) is 25.7 Å². The lowest BCUT2D eigenvalue weighted by atomic mass is 10.1. The van der Waals surface area contributed by atoms with Gasteiger partial charge in [0.2, 0.25) is 0 Å². The summed E-state index contributed by atoms with van der Waals surface area (Å²) in [5.41, 5.74) is 0. The minimum Gasteiger partial charge on any atom is -0.392 e. The van der Waals surface area contributed by atoms with Crippen LogP contribution in [0.2, 0.25) is 0 Å². The van der Waals surface area contributed by atoms with Gasteiger partial charge < -0.3 is 10.4 Å². The molecular formula is C12H27NO. The average Bonchev–Trinajstić information content (AvgIpc) is 2.10. The Bertz CT molecular complexity index is 125. The first-order valence-electron chi connectivity index (χ1n) is 5.97. The molecule has 0 heterocycles. The predicted molar refractivity (Wildman–Crippen MR) is 62.5 cm³/mol. The van der Waals surface area contributed by atoms with Crippen molar-refractivity contribution in [3.05, 3.63) is 0 Å². The molecule has 0 aliphatic carbocycles. The second-order valence-electron chi connectivity index (χ2n) is 4.73. The summed E-state index contributed by atoms with van der Waals surface area (Å²) in [5.74, 6) is 0.581. The molecule has 0 saturated heterocycles. The van der Waals surface area contributed by atoms with E-state index in [9.17, 15) is 5.11 Å². The Morgan fingerprint density at radius 2 is 1.86 bits per heavy atom. The standard InChI is InChI=1S/C12H27NO/c1-5-6-7-11(4)13-9-12(14)8-10(2)3/h10-14H,5-9H2,1-4H3. The molecule has 0 bridgehead atoms. The number of nitrogens with one attached hydrogen (secondary N) is 1. The van der Waals surface area contributed by atoms with Gasteiger partial charge in [-0.25, -0.2) is 0 Å². The van der Waals surface area contributed by atoms with Crippen molar-refractivity contribution < 1.29 is 5.11 Å². The number of hydrogen-bond donors (Lipinski definition) is 2. The highest BCUT2D eigenvalue weighted by molar-refractivity contribution is 4.66. The van der Waals surface area contributed by atoms with Crippen LogP contribution in [0.15, 0.2) is 0 Å². The minimum atomic E-state index is -0.181. The summed E-state index contributed by atoms with van der Waals surface area (Å²) >= 11 is 0. The molecule has 0 saturated carbocycles. The van der Waals surface area contributed by atoms with E-state index in [1.54, 1.807) is 0 Å². The summed E-state index contributed by atoms with van der Waals surface area (Å²) in [6.07, 6.45) is 4.45. The lowest BCUT2D eigenvalue weighted by Gasteiger charge is -2.18. The molecule has 0 radical (unpaired) electrons. The van der Waals surface area contributed by atoms with Crippen LogP contribution in [0.3, 0.4) is 0 Å². The number of aliphatic hydroxyl groups is 1. The quantitative estimate of drug-likeness (QED) is 0.632. The van der Waals surface area contributed by atoms with Gasteiger partial charge in [-0.1, -0.05) is 33.6 Å². The lowest BCUT2D eigenvalue weighted by Crippen LogP contribution is -2.34. The second kappa shape index (κ2) is 8.25. The van der Waals surface area contributed by atoms with Crippen molar-refractivity contribution >= 4 is 0 Å². The van der Waals surface area contributed by atoms with Crippen molar-refractivity contribution in [2.45, 2.75) is 65.5 Å². The van der Waals surface area contributed by atoms with E-state index in [2.05, 4.69) is 33.0 Å². The van der Waals surface area contributed by atoms with Gasteiger partial charge in [-0.15, -0.1) is 0 Å². The van der Waals surface area contributed by atoms with Crippen molar-refractivity contribution in [2.24, 2.45) is 5.92 Å². The monoisotopic (exact) mass is 201 g/mol. The van der Waals surface area contributed by atoms with Crippen LogP contribution < -0.4 is 5.32 Å². The molecule has 0 fully saturated rings. The van der Waals surface area contributed by atoms with Gasteiger partial charge >= 0.3 is 0 Å². The molecule has 0 aliphatic heterocycles. The maximum absolute atomic E-state index is 9.63. The van der Waals surface area contributed by atoms with E-state index in [0.717, 1.165) is 13.0 Å². The molecule has 0 amide bonds. The van der Waals surface area contributed by atoms with E-state index in [-0.39, 0.29) is 6.10 Å². The summed E-state index contributed by atoms with van der Waals surface area (Å²) in [6, 6.07) is 0.539. The molecular weight excluding hydrogens is 174 g/mol. The Kier molecular flexibility index (Phi) is 8.20. The molecule has 14 heavy (non-hydrogen) atoms. The Morgan fingerprint density at radius 3 is 2.36 bits per heavy atom. The van der Waals surface area contributed by atoms with Gasteiger partial charge in [0, 0.05) is 12.6 Å². The van der Waals surface area contributed by atoms with Crippen LogP contribution in [-0.4, -0.2) is 23.8 Å². The molecule has 2 unspecified atom stereocenters. The lowest BCUT2D eigenvalue weighted by molar-refractivity contribution is 0.142. The third-order valence-corrected chi connectivity index (χ3v) is 2.44. The van der Waals surface area contributed by atoms with E-state index in [1.807, 2.05) is 0 Å². The van der Waals surface area contributed by atoms with Gasteiger partial charge in [0.1, 0.15) is 0 Å². The van der Waals surface area contributed by atoms with Gasteiger partial charge in [0.05, 0.1) is 6.10 Å². The van der Waals surface area contributed by atoms with Crippen LogP contribution >= 0.6 is 0 Å². The number of rotatable bonds is 8. The van der Waals surface area contributed by atoms with Crippen LogP contribution in [0.4, 0.5) is 0 Å². The summed E-state index contributed by atoms with van der Waals surface area (Å²) < 4.78 is 0. The zero-order valence-electron chi connectivity index (χ0n) is 10.2. The van der Waals surface area contributed by atoms with Crippen molar-refractivity contribution in [1.29, 1.82) is 0 Å². The van der Waals surface area contributed by atoms with Crippen LogP contribution in [0.5, 0.6) is 0 Å². The fourth-order valence-electron chi connectivity index (χ4n) is 1.58. The Labute approximate surface area is 89.1 Å². The van der Waals surface area contributed by atoms with E-state index < -0.39 is 0 Å². The smallest absolute Gasteiger partial charge is 0.0667 e. The van der Waals surface area contributed by atoms with Crippen molar-refractivity contribution in [3.8, 4) is 0 Å². The molecule has 2 atom stereocenters. The number of aliphatic hydroxyl groups excluding tert-OH is 1. The van der Waals surface area contributed by atoms with Crippen LogP contribution in [0, 0.1) is 5.92 Å². The highest BCUT2D eigenvalue weighted by Crippen LogP contribution is 2.04. The zero-order valence-corrected chi connectivity index (χ0v) is 10.2. The summed E-state index contributed by atoms with van der Waals surface area (Å²) in [4.78, 5) is 0. The van der Waals surface area contributed by atoms with E-state index in [1.165, 1.54) is 19.3 Å². The number of hydrogen-bond acceptors (Lipinski definition) is 2. The third-order valence-electron chi connectivity index (χ3n) is 2.44. The zero-order chi connectivity index (χ0) is 11.0. The molecule has 0 aromatic heterocycles. The normalized spacial score (nSPS) is 15.9. The molecule has 0 aromatic carbocycles. The summed E-state index contributed by atoms with van der Waals surface area (Å²) in [7, 11) is 0. The van der Waals surface area contributed by atoms with Crippen molar-refractivity contribution in [1.82, 2.24) is 5.32 Å². The molecule has 86 valence electrons. The molecule has 0 aromatic rings. The molecule has 0 aliphatic rings. The van der Waals surface area contributed by atoms with Crippen molar-refractivity contribution in [3.63, 3.8) is 0 Å². The largest absolute Gasteiger partial charge is 0.392 e. The van der Waals surface area contributed by atoms with E-state index in [4.69, 9.17) is 0 Å². The molecule has 2 heteroatoms. The minimum absolute atomic E-state index is 0.181. The number of unbranched alkanes of at least 4 members (excludes halogenated alkanes) is 1. The van der Waals surface area contributed by atoms with Gasteiger partial charge in [0.15, 0.2) is 0 Å². The average molecular weight is 201 g/mol. The molecule has 0 rings (SSSR count). The summed E-state index contributed by atoms with van der Waals surface area (Å²) in [5, 5.41) is 13.0. The second-order valence-corrected chi connectivity index (χ2v) is 4.73. The van der Waals surface area contributed by atoms with Crippen LogP contribution in [0.1, 0.15) is 53.4 Å². The topological polar surface area (TPSA) is 32.3 Å². The maximum Gasteiger partial charge on any atom is 0.0667 e. The van der Waals surface area contributed by atoms with Gasteiger partial charge in [0.25, 0.3) is 0 Å². The van der Waals surface area contributed by atoms with Crippen LogP contribution in [-0.2, 0) is 0 Å². The highest BCUT2D eigenvalue weighted by atomic mass is 16.3.